The van der Waals surface area contributed by atoms with Gasteiger partial charge in [0.2, 0.25) is 5.92 Å². The molecule has 17 heavy (non-hydrogen) atoms. The maximum atomic E-state index is 12.5. The zero-order valence-electron chi connectivity index (χ0n) is 10.6. The van der Waals surface area contributed by atoms with Crippen molar-refractivity contribution in [3.8, 4) is 0 Å². The third kappa shape index (κ3) is 13.6. The Morgan fingerprint density at radius 1 is 1.29 bits per heavy atom. The van der Waals surface area contributed by atoms with Gasteiger partial charge < -0.3 is 4.74 Å². The Morgan fingerprint density at radius 3 is 2.59 bits per heavy atom. The van der Waals surface area contributed by atoms with Gasteiger partial charge >= 0.3 is 5.97 Å². The fourth-order valence-electron chi connectivity index (χ4n) is 1.17. The van der Waals surface area contributed by atoms with E-state index in [1.54, 1.807) is 0 Å². The molecule has 0 amide bonds. The van der Waals surface area contributed by atoms with Crippen LogP contribution in [0, 0.1) is 0 Å². The van der Waals surface area contributed by atoms with Crippen LogP contribution < -0.4 is 0 Å². The molecule has 0 aliphatic rings. The second-order valence-electron chi connectivity index (χ2n) is 4.15. The van der Waals surface area contributed by atoms with Gasteiger partial charge in [-0.2, -0.15) is 11.8 Å². The van der Waals surface area contributed by atoms with Gasteiger partial charge in [0.05, 0.1) is 12.4 Å². The Balaban J connectivity index is 3.25. The number of carbonyl (C=O) groups excluding carboxylic acids is 1. The van der Waals surface area contributed by atoms with Crippen LogP contribution in [-0.4, -0.2) is 30.0 Å². The molecule has 0 unspecified atom stereocenters. The molecule has 0 saturated heterocycles. The molecule has 0 N–H and O–H groups in total. The van der Waals surface area contributed by atoms with Crippen molar-refractivity contribution in [1.82, 2.24) is 0 Å². The van der Waals surface area contributed by atoms with Gasteiger partial charge in [-0.15, -0.1) is 0 Å². The van der Waals surface area contributed by atoms with Crippen molar-refractivity contribution < 1.29 is 18.3 Å². The predicted octanol–water partition coefficient (Wildman–Crippen LogP) is 3.89. The average molecular weight is 268 g/mol. The van der Waals surface area contributed by atoms with E-state index in [0.717, 1.165) is 31.9 Å². The number of unbranched alkanes of at least 4 members (excludes halogenated alkanes) is 2. The van der Waals surface area contributed by atoms with E-state index in [-0.39, 0.29) is 12.4 Å². The molecule has 102 valence electrons. The molecule has 0 rings (SSSR count). The third-order valence-electron chi connectivity index (χ3n) is 2.14. The maximum Gasteiger partial charge on any atom is 0.315 e. The molecular weight excluding hydrogens is 246 g/mol. The number of alkyl halides is 2. The highest BCUT2D eigenvalue weighted by Gasteiger charge is 2.19. The fourth-order valence-corrected chi connectivity index (χ4v) is 1.97. The Morgan fingerprint density at radius 2 is 2.00 bits per heavy atom. The number of halogens is 2. The van der Waals surface area contributed by atoms with Crippen LogP contribution in [0.25, 0.3) is 0 Å². The number of ether oxygens (including phenoxy) is 1. The zero-order chi connectivity index (χ0) is 13.1. The summed E-state index contributed by atoms with van der Waals surface area (Å²) >= 11 is 1.45. The molecule has 0 aromatic carbocycles. The monoisotopic (exact) mass is 268 g/mol. The Labute approximate surface area is 106 Å². The molecule has 0 radical (unpaired) electrons. The summed E-state index contributed by atoms with van der Waals surface area (Å²) in [4.78, 5) is 11.1. The van der Waals surface area contributed by atoms with Gasteiger partial charge in [0.1, 0.15) is 0 Å². The molecule has 0 spiro atoms. The van der Waals surface area contributed by atoms with Crippen LogP contribution in [0.1, 0.15) is 46.0 Å². The first-order valence-corrected chi connectivity index (χ1v) is 7.22. The molecule has 2 nitrogen and oxygen atoms in total. The topological polar surface area (TPSA) is 26.3 Å². The minimum atomic E-state index is -2.57. The lowest BCUT2D eigenvalue weighted by molar-refractivity contribution is -0.140. The quantitative estimate of drug-likeness (QED) is 0.444. The number of thioether (sulfide) groups is 1. The molecule has 0 bridgehead atoms. The van der Waals surface area contributed by atoms with Crippen molar-refractivity contribution in [1.29, 1.82) is 0 Å². The fraction of sp³-hybridized carbons (Fsp3) is 0.917. The van der Waals surface area contributed by atoms with Gasteiger partial charge in [0.25, 0.3) is 0 Å². The van der Waals surface area contributed by atoms with E-state index in [0.29, 0.717) is 18.8 Å². The molecule has 0 aliphatic heterocycles. The van der Waals surface area contributed by atoms with Crippen LogP contribution in [-0.2, 0) is 9.53 Å². The molecule has 0 atom stereocenters. The highest BCUT2D eigenvalue weighted by Crippen LogP contribution is 2.20. The summed E-state index contributed by atoms with van der Waals surface area (Å²) in [5, 5.41) is 0. The van der Waals surface area contributed by atoms with Crippen molar-refractivity contribution in [2.45, 2.75) is 51.9 Å². The number of hydrogen-bond donors (Lipinski definition) is 0. The van der Waals surface area contributed by atoms with Crippen molar-refractivity contribution in [2.75, 3.05) is 18.1 Å². The van der Waals surface area contributed by atoms with Gasteiger partial charge in [-0.25, -0.2) is 8.78 Å². The van der Waals surface area contributed by atoms with E-state index < -0.39 is 5.92 Å². The highest BCUT2D eigenvalue weighted by molar-refractivity contribution is 7.99. The molecule has 0 saturated carbocycles. The Hall–Kier alpha value is -0.320. The molecular formula is C12H22F2O2S. The van der Waals surface area contributed by atoms with Gasteiger partial charge in [0, 0.05) is 6.42 Å². The summed E-state index contributed by atoms with van der Waals surface area (Å²) in [6.07, 6.45) is 3.04. The van der Waals surface area contributed by atoms with Crippen LogP contribution in [0.2, 0.25) is 0 Å². The van der Waals surface area contributed by atoms with Crippen molar-refractivity contribution >= 4 is 17.7 Å². The summed E-state index contributed by atoms with van der Waals surface area (Å²) in [5.41, 5.74) is 0. The molecule has 0 aromatic heterocycles. The largest absolute Gasteiger partial charge is 0.465 e. The van der Waals surface area contributed by atoms with Gasteiger partial charge in [0.15, 0.2) is 0 Å². The van der Waals surface area contributed by atoms with E-state index in [4.69, 9.17) is 4.74 Å². The molecule has 0 aromatic rings. The molecule has 0 aliphatic carbocycles. The lowest BCUT2D eigenvalue weighted by Gasteiger charge is -2.08. The smallest absolute Gasteiger partial charge is 0.315 e. The first-order chi connectivity index (χ1) is 7.95. The first-order valence-electron chi connectivity index (χ1n) is 6.07. The normalized spacial score (nSPS) is 11.5. The Kier molecular flexibility index (Phi) is 9.50. The number of hydrogen-bond acceptors (Lipinski definition) is 3. The minimum Gasteiger partial charge on any atom is -0.465 e. The molecule has 0 fully saturated rings. The van der Waals surface area contributed by atoms with E-state index in [1.165, 1.54) is 11.8 Å². The van der Waals surface area contributed by atoms with Crippen LogP contribution in [0.4, 0.5) is 8.78 Å². The summed E-state index contributed by atoms with van der Waals surface area (Å²) in [5.74, 6) is -1.71. The first kappa shape index (κ1) is 16.7. The van der Waals surface area contributed by atoms with Crippen LogP contribution >= 0.6 is 11.8 Å². The minimum absolute atomic E-state index is 0.0749. The van der Waals surface area contributed by atoms with Crippen LogP contribution in [0.5, 0.6) is 0 Å². The van der Waals surface area contributed by atoms with Crippen molar-refractivity contribution in [3.05, 3.63) is 0 Å². The van der Waals surface area contributed by atoms with Crippen molar-refractivity contribution in [2.24, 2.45) is 0 Å². The summed E-state index contributed by atoms with van der Waals surface area (Å²) in [6.45, 7) is 3.45. The van der Waals surface area contributed by atoms with E-state index >= 15 is 0 Å². The Bertz CT molecular complexity index is 205. The highest BCUT2D eigenvalue weighted by atomic mass is 32.2. The van der Waals surface area contributed by atoms with Crippen molar-refractivity contribution in [3.63, 3.8) is 0 Å². The zero-order valence-corrected chi connectivity index (χ0v) is 11.5. The van der Waals surface area contributed by atoms with Gasteiger partial charge in [-0.1, -0.05) is 13.3 Å². The van der Waals surface area contributed by atoms with E-state index in [2.05, 4.69) is 0 Å². The van der Waals surface area contributed by atoms with Crippen LogP contribution in [0.15, 0.2) is 0 Å². The summed E-state index contributed by atoms with van der Waals surface area (Å²) in [7, 11) is 0. The SMILES string of the molecule is CCCCOC(=O)CSCCCCC(C)(F)F. The van der Waals surface area contributed by atoms with Gasteiger partial charge in [-0.3, -0.25) is 4.79 Å². The molecule has 0 heterocycles. The number of esters is 1. The second-order valence-corrected chi connectivity index (χ2v) is 5.26. The van der Waals surface area contributed by atoms with E-state index in [9.17, 15) is 13.6 Å². The number of rotatable bonds is 10. The predicted molar refractivity (Wildman–Crippen MR) is 67.7 cm³/mol. The molecule has 5 heteroatoms. The van der Waals surface area contributed by atoms with Gasteiger partial charge in [-0.05, 0) is 31.9 Å². The standard InChI is InChI=1S/C12H22F2O2S/c1-3-4-8-16-11(15)10-17-9-6-5-7-12(2,13)14/h3-10H2,1-2H3. The second kappa shape index (κ2) is 9.68. The number of carbonyl (C=O) groups is 1. The maximum absolute atomic E-state index is 12.5. The summed E-state index contributed by atoms with van der Waals surface area (Å²) in [6, 6.07) is 0. The lowest BCUT2D eigenvalue weighted by atomic mass is 10.2. The summed E-state index contributed by atoms with van der Waals surface area (Å²) < 4.78 is 29.9. The van der Waals surface area contributed by atoms with Crippen LogP contribution in [0.3, 0.4) is 0 Å². The van der Waals surface area contributed by atoms with E-state index in [1.807, 2.05) is 6.92 Å². The average Bonchev–Trinajstić information content (AvgIpc) is 2.22. The third-order valence-corrected chi connectivity index (χ3v) is 3.15. The lowest BCUT2D eigenvalue weighted by Crippen LogP contribution is -2.10.